The molecule has 14 rings (SSSR count). The van der Waals surface area contributed by atoms with Gasteiger partial charge in [0.2, 0.25) is 0 Å². The largest absolute Gasteiger partial charge is 1.00 e. The number of likely N-dealkylation sites (N-methyl/N-ethyl adjacent to an activating group) is 2. The first kappa shape index (κ1) is 99.7. The molecule has 5 aromatic rings. The number of amides is 2. The number of aliphatic hydroxyl groups is 2. The standard InChI is InChI=1S/C16H21N3O5.C12H15N3O3.C12H17N3O.C11H13N3O3.C11H21NO3.C6H3F2NO2.CH4O.5CH4.K.H2O/c1-16(2,3)24-15(20)17-6-7-18-12(9-17)10-23-14-8-11(19(21)22)4-5-13(14)18;1-13-4-5-14-10(7-13)8-18-12-6-9(15(16)17)2-3-11(12)14;1-14-4-5-15-10(7-14)8-16-12-6-9(13)2-3-11(12)15;15-14(16)8-1-2-10-11(5-8)17-7-9-6-12-3-4-13(9)10;1-11(2,3)15-10(14)12-6-4-5-9(7-12)8-13;7-5-2-1-4(9(10)11)3-6(5)8;1-2;;;;;;;/h4-5,8,12H,6-7,9-10H2,1-3H3;2-3,6,10H,4-5,7-8H2,1H3;2-3,6,10H,4-5,7-8,13H2,1H3;1-2,5,9,12H,3-4,6-7H2;9,13H,4-8H2,1-3H3;1-3H;2H,1H3;5*1H4;;1H2/q;;;;;;;;;;;;+1;/p-1. The van der Waals surface area contributed by atoms with E-state index in [-0.39, 0.29) is 147 Å². The molecule has 0 radical (unpaired) electrons. The smallest absolute Gasteiger partial charge is 0.870 e. The summed E-state index contributed by atoms with van der Waals surface area (Å²) < 4.78 is 57.8. The molecular weight excluding hydrogens is 1470 g/mol. The molecule has 9 aliphatic rings. The fourth-order valence-corrected chi connectivity index (χ4v) is 12.8. The Morgan fingerprint density at radius 3 is 1.26 bits per heavy atom. The minimum absolute atomic E-state index is 0. The van der Waals surface area contributed by atoms with Gasteiger partial charge in [-0.1, -0.05) is 37.1 Å². The molecule has 0 bridgehead atoms. The Kier molecular flexibility index (Phi) is 41.0. The molecule has 9 heterocycles. The van der Waals surface area contributed by atoms with E-state index >= 15 is 0 Å². The number of hydrogen-bond donors (Lipinski definition) is 4. The first-order valence-electron chi connectivity index (χ1n) is 33.9. The number of nitro groups is 4. The summed E-state index contributed by atoms with van der Waals surface area (Å²) in [4.78, 5) is 81.4. The Labute approximate surface area is 687 Å². The quantitative estimate of drug-likeness (QED) is 0.0557. The van der Waals surface area contributed by atoms with Crippen LogP contribution < -0.4 is 101 Å². The number of nitro benzene ring substituents is 4. The summed E-state index contributed by atoms with van der Waals surface area (Å²) in [5, 5.41) is 61.7. The Balaban J connectivity index is 0.000000657. The zero-order chi connectivity index (χ0) is 75.0. The zero-order valence-electron chi connectivity index (χ0n) is 61.0. The van der Waals surface area contributed by atoms with Gasteiger partial charge in [0.05, 0.1) is 90.9 Å². The van der Waals surface area contributed by atoms with E-state index in [4.69, 9.17) is 44.4 Å². The van der Waals surface area contributed by atoms with Crippen molar-refractivity contribution in [2.45, 2.75) is 127 Å². The van der Waals surface area contributed by atoms with Crippen molar-refractivity contribution >= 4 is 63.4 Å². The van der Waals surface area contributed by atoms with Gasteiger partial charge in [0.15, 0.2) is 11.6 Å². The van der Waals surface area contributed by atoms with Gasteiger partial charge in [-0.05, 0) is 111 Å². The first-order valence-corrected chi connectivity index (χ1v) is 33.9. The minimum atomic E-state index is -1.21. The monoisotopic (exact) mass is 1580 g/mol. The van der Waals surface area contributed by atoms with E-state index in [1.807, 2.05) is 53.7 Å². The van der Waals surface area contributed by atoms with Gasteiger partial charge in [-0.3, -0.25) is 40.5 Å². The number of carbonyl (C=O) groups is 2. The van der Waals surface area contributed by atoms with Crippen LogP contribution in [0.2, 0.25) is 0 Å². The van der Waals surface area contributed by atoms with Crippen molar-refractivity contribution in [1.29, 1.82) is 0 Å². The molecule has 0 saturated carbocycles. The number of carbonyl (C=O) groups excluding carboxylic acids is 2. The van der Waals surface area contributed by atoms with E-state index in [9.17, 15) is 58.8 Å². The number of non-ortho nitro benzene ring substituents is 4. The van der Waals surface area contributed by atoms with Crippen LogP contribution in [0.25, 0.3) is 0 Å². The fraction of sp³-hybridized carbons (Fsp3) is 0.568. The molecule has 110 heavy (non-hydrogen) atoms. The summed E-state index contributed by atoms with van der Waals surface area (Å²) in [6.07, 6.45) is 1.36. The molecule has 36 heteroatoms. The molecule has 2 amide bonds. The number of nitrogens with one attached hydrogen (secondary N) is 1. The summed E-state index contributed by atoms with van der Waals surface area (Å²) >= 11 is 0. The third-order valence-corrected chi connectivity index (χ3v) is 17.8. The van der Waals surface area contributed by atoms with Crippen LogP contribution in [0, 0.1) is 58.0 Å². The van der Waals surface area contributed by atoms with Gasteiger partial charge in [0.1, 0.15) is 60.6 Å². The van der Waals surface area contributed by atoms with Crippen molar-refractivity contribution in [3.05, 3.63) is 143 Å². The number of anilines is 5. The molecule has 0 aromatic heterocycles. The predicted molar refractivity (Wildman–Crippen MR) is 417 cm³/mol. The normalized spacial score (nSPS) is 19.2. The molecule has 5 fully saturated rings. The second-order valence-electron chi connectivity index (χ2n) is 27.7. The van der Waals surface area contributed by atoms with E-state index in [2.05, 4.69) is 54.9 Å². The van der Waals surface area contributed by atoms with Crippen molar-refractivity contribution < 1.29 is 134 Å². The number of benzene rings is 5. The number of halogens is 2. The number of nitrogen functional groups attached to an aromatic ring is 1. The van der Waals surface area contributed by atoms with Gasteiger partial charge < -0.3 is 94.4 Å². The summed E-state index contributed by atoms with van der Waals surface area (Å²) in [6, 6.07) is 23.6. The van der Waals surface area contributed by atoms with Crippen LogP contribution >= 0.6 is 0 Å². The third kappa shape index (κ3) is 27.3. The molecule has 9 aliphatic heterocycles. The van der Waals surface area contributed by atoms with Gasteiger partial charge in [-0.25, -0.2) is 18.4 Å². The Morgan fingerprint density at radius 1 is 0.509 bits per heavy atom. The summed E-state index contributed by atoms with van der Waals surface area (Å²) in [5.41, 5.74) is 9.26. The number of rotatable bonds is 5. The summed E-state index contributed by atoms with van der Waals surface area (Å²) in [6.45, 7) is 25.5. The van der Waals surface area contributed by atoms with Gasteiger partial charge in [0, 0.05) is 141 Å². The minimum Gasteiger partial charge on any atom is -0.870 e. The predicted octanol–water partition coefficient (Wildman–Crippen LogP) is 8.18. The van der Waals surface area contributed by atoms with E-state index < -0.39 is 43.3 Å². The van der Waals surface area contributed by atoms with Gasteiger partial charge in [-0.2, -0.15) is 0 Å². The van der Waals surface area contributed by atoms with Gasteiger partial charge >= 0.3 is 63.6 Å². The fourth-order valence-electron chi connectivity index (χ4n) is 12.8. The van der Waals surface area contributed by atoms with Crippen molar-refractivity contribution in [3.63, 3.8) is 0 Å². The Bertz CT molecular complexity index is 3790. The number of ether oxygens (including phenoxy) is 6. The molecule has 33 nitrogen and oxygen atoms in total. The van der Waals surface area contributed by atoms with E-state index in [0.717, 1.165) is 127 Å². The molecule has 0 spiro atoms. The van der Waals surface area contributed by atoms with E-state index in [0.29, 0.717) is 93.5 Å². The average Bonchev–Trinajstić information content (AvgIpc) is 0.759. The van der Waals surface area contributed by atoms with Crippen LogP contribution in [0.3, 0.4) is 0 Å². The average molecular weight is 1580 g/mol. The molecule has 610 valence electrons. The first-order chi connectivity index (χ1) is 48.9. The summed E-state index contributed by atoms with van der Waals surface area (Å²) in [5.74, 6) is 0.621. The van der Waals surface area contributed by atoms with Crippen molar-refractivity contribution in [2.75, 3.05) is 171 Å². The number of likely N-dealkylation sites (tertiary alicyclic amines) is 1. The number of piperidine rings is 1. The zero-order valence-corrected chi connectivity index (χ0v) is 64.1. The topological polar surface area (TPSA) is 397 Å². The van der Waals surface area contributed by atoms with Crippen LogP contribution in [0.1, 0.15) is 91.5 Å². The van der Waals surface area contributed by atoms with Crippen LogP contribution in [-0.2, 0) is 9.47 Å². The van der Waals surface area contributed by atoms with Crippen molar-refractivity contribution in [1.82, 2.24) is 24.9 Å². The SMILES string of the molecule is C.C.C.C.C.CC(C)(C)OC(=O)N1CCCC(CO)C1.CC(C)(C)OC(=O)N1CCN2c3ccc([N+](=O)[O-])cc3OCC2C1.CN1CCN2c3ccc(N)cc3OCC2C1.CN1CCN2c3ccc([N+](=O)[O-])cc3OCC2C1.CO.O=[N+]([O-])c1ccc(F)c(F)c1.O=[N+]([O-])c1ccc2c(c1)OCC1CNCCN21.[K+].[OH-]. The molecular formula is C74H115F2KN14O19. The second-order valence-corrected chi connectivity index (χ2v) is 27.7. The molecule has 6 N–H and O–H groups in total. The number of piperazine rings is 4. The Hall–Kier alpha value is -8.30. The number of hydrogen-bond acceptors (Lipinski definition) is 27. The molecule has 5 atom stereocenters. The molecule has 0 aliphatic carbocycles. The maximum Gasteiger partial charge on any atom is 1.00 e. The van der Waals surface area contributed by atoms with Gasteiger partial charge in [0.25, 0.3) is 22.7 Å². The third-order valence-electron chi connectivity index (χ3n) is 17.8. The second kappa shape index (κ2) is 45.3. The number of nitrogens with zero attached hydrogens (tertiary/aromatic N) is 12. The van der Waals surface area contributed by atoms with Crippen molar-refractivity contribution in [3.8, 4) is 23.0 Å². The van der Waals surface area contributed by atoms with Crippen molar-refractivity contribution in [2.24, 2.45) is 5.92 Å². The van der Waals surface area contributed by atoms with Crippen LogP contribution in [0.4, 0.5) is 69.6 Å². The van der Waals surface area contributed by atoms with Crippen LogP contribution in [-0.4, -0.2) is 248 Å². The van der Waals surface area contributed by atoms with Crippen LogP contribution in [0.5, 0.6) is 23.0 Å². The van der Waals surface area contributed by atoms with E-state index in [1.54, 1.807) is 34.1 Å². The molecule has 5 aromatic carbocycles. The maximum absolute atomic E-state index is 12.3. The molecule has 5 saturated heterocycles. The maximum atomic E-state index is 12.3. The summed E-state index contributed by atoms with van der Waals surface area (Å²) in [7, 11) is 5.26. The Morgan fingerprint density at radius 2 is 0.864 bits per heavy atom. The molecule has 5 unspecified atom stereocenters. The number of aliphatic hydroxyl groups excluding tert-OH is 2. The van der Waals surface area contributed by atoms with E-state index in [1.165, 1.54) is 36.0 Å². The van der Waals surface area contributed by atoms with Crippen LogP contribution in [0.15, 0.2) is 91.0 Å². The van der Waals surface area contributed by atoms with Gasteiger partial charge in [-0.15, -0.1) is 0 Å². The number of fused-ring (bicyclic) bond motifs is 12. The number of nitrogens with two attached hydrogens (primary N) is 1.